The van der Waals surface area contributed by atoms with Crippen LogP contribution in [0.3, 0.4) is 0 Å². The van der Waals surface area contributed by atoms with Crippen LogP contribution in [0.1, 0.15) is 64.7 Å². The molecule has 4 rings (SSSR count). The Labute approximate surface area is 118 Å². The van der Waals surface area contributed by atoms with E-state index in [2.05, 4.69) is 19.6 Å². The first-order valence-electron chi connectivity index (χ1n) is 8.56. The van der Waals surface area contributed by atoms with E-state index in [4.69, 9.17) is 0 Å². The topological polar surface area (TPSA) is 0 Å². The molecule has 0 bridgehead atoms. The van der Waals surface area contributed by atoms with Crippen molar-refractivity contribution in [3.63, 3.8) is 0 Å². The molecular formula is C19H28. The summed E-state index contributed by atoms with van der Waals surface area (Å²) in [5, 5.41) is 0. The second kappa shape index (κ2) is 4.24. The van der Waals surface area contributed by atoms with Crippen LogP contribution in [0.5, 0.6) is 0 Å². The van der Waals surface area contributed by atoms with Gasteiger partial charge in [0.25, 0.3) is 0 Å². The maximum absolute atomic E-state index is 4.20. The molecule has 5 atom stereocenters. The molecule has 0 nitrogen and oxygen atoms in total. The SMILES string of the molecule is C=C1C=C2CCC3C(CC[C@]4(C)CCCC34)C2CC1. The van der Waals surface area contributed by atoms with Gasteiger partial charge in [-0.1, -0.05) is 37.1 Å². The van der Waals surface area contributed by atoms with Gasteiger partial charge in [0.15, 0.2) is 0 Å². The molecule has 4 aliphatic carbocycles. The van der Waals surface area contributed by atoms with Crippen molar-refractivity contribution >= 4 is 0 Å². The van der Waals surface area contributed by atoms with Crippen molar-refractivity contribution in [2.24, 2.45) is 29.1 Å². The number of fused-ring (bicyclic) bond motifs is 5. The highest BCUT2D eigenvalue weighted by Crippen LogP contribution is 2.61. The molecule has 4 aliphatic rings. The maximum atomic E-state index is 4.20. The quantitative estimate of drug-likeness (QED) is 0.536. The van der Waals surface area contributed by atoms with E-state index in [0.29, 0.717) is 0 Å². The Bertz CT molecular complexity index is 429. The Morgan fingerprint density at radius 1 is 1.05 bits per heavy atom. The fraction of sp³-hybridized carbons (Fsp3) is 0.789. The number of hydrogen-bond donors (Lipinski definition) is 0. The summed E-state index contributed by atoms with van der Waals surface area (Å²) in [5.41, 5.74) is 3.89. The smallest absolute Gasteiger partial charge is 0.0166 e. The van der Waals surface area contributed by atoms with Crippen molar-refractivity contribution in [3.05, 3.63) is 23.8 Å². The van der Waals surface area contributed by atoms with E-state index in [-0.39, 0.29) is 0 Å². The molecule has 0 aromatic heterocycles. The van der Waals surface area contributed by atoms with E-state index in [1.165, 1.54) is 63.4 Å². The molecule has 3 saturated carbocycles. The van der Waals surface area contributed by atoms with Crippen LogP contribution in [0, 0.1) is 29.1 Å². The van der Waals surface area contributed by atoms with Crippen molar-refractivity contribution < 1.29 is 0 Å². The third-order valence-electron chi connectivity index (χ3n) is 7.20. The zero-order valence-electron chi connectivity index (χ0n) is 12.5. The maximum Gasteiger partial charge on any atom is -0.0166 e. The predicted octanol–water partition coefficient (Wildman–Crippen LogP) is 5.51. The second-order valence-corrected chi connectivity index (χ2v) is 8.08. The van der Waals surface area contributed by atoms with Crippen LogP contribution in [0.25, 0.3) is 0 Å². The second-order valence-electron chi connectivity index (χ2n) is 8.08. The lowest BCUT2D eigenvalue weighted by molar-refractivity contribution is -0.000171. The summed E-state index contributed by atoms with van der Waals surface area (Å²) >= 11 is 0. The third-order valence-corrected chi connectivity index (χ3v) is 7.20. The highest BCUT2D eigenvalue weighted by molar-refractivity contribution is 5.29. The zero-order chi connectivity index (χ0) is 13.0. The third kappa shape index (κ3) is 1.78. The molecule has 0 saturated heterocycles. The average Bonchev–Trinajstić information content (AvgIpc) is 2.79. The largest absolute Gasteiger partial charge is 0.0958 e. The lowest BCUT2D eigenvalue weighted by Crippen LogP contribution is -2.44. The summed E-state index contributed by atoms with van der Waals surface area (Å²) in [4.78, 5) is 0. The minimum atomic E-state index is 0.723. The van der Waals surface area contributed by atoms with E-state index in [0.717, 1.165) is 29.1 Å². The standard InChI is InChI=1S/C19H28/c1-13-5-7-15-14(12-13)6-8-17-16(15)9-11-19(2)10-3-4-18(17)19/h12,15-18H,1,3-11H2,2H3/t15?,16?,17?,18?,19-/m0/s1. The molecule has 19 heavy (non-hydrogen) atoms. The predicted molar refractivity (Wildman–Crippen MR) is 80.8 cm³/mol. The molecule has 0 heteroatoms. The number of rotatable bonds is 0. The van der Waals surface area contributed by atoms with Crippen molar-refractivity contribution in [2.75, 3.05) is 0 Å². The molecule has 0 heterocycles. The molecule has 4 unspecified atom stereocenters. The van der Waals surface area contributed by atoms with E-state index in [1.54, 1.807) is 5.57 Å². The molecule has 0 aromatic rings. The van der Waals surface area contributed by atoms with E-state index < -0.39 is 0 Å². The molecule has 3 fully saturated rings. The Kier molecular flexibility index (Phi) is 2.73. The van der Waals surface area contributed by atoms with E-state index in [9.17, 15) is 0 Å². The van der Waals surface area contributed by atoms with Gasteiger partial charge in [0.2, 0.25) is 0 Å². The summed E-state index contributed by atoms with van der Waals surface area (Å²) in [5.74, 6) is 4.10. The summed E-state index contributed by atoms with van der Waals surface area (Å²) in [7, 11) is 0. The van der Waals surface area contributed by atoms with Gasteiger partial charge in [0, 0.05) is 0 Å². The molecule has 0 radical (unpaired) electrons. The molecule has 0 spiro atoms. The summed E-state index contributed by atoms with van der Waals surface area (Å²) in [6, 6.07) is 0. The van der Waals surface area contributed by atoms with Crippen LogP contribution in [0.2, 0.25) is 0 Å². The van der Waals surface area contributed by atoms with Crippen LogP contribution in [-0.2, 0) is 0 Å². The van der Waals surface area contributed by atoms with Crippen molar-refractivity contribution in [2.45, 2.75) is 64.7 Å². The summed E-state index contributed by atoms with van der Waals surface area (Å²) in [6.07, 6.45) is 15.6. The minimum absolute atomic E-state index is 0.723. The van der Waals surface area contributed by atoms with Gasteiger partial charge in [0.05, 0.1) is 0 Å². The van der Waals surface area contributed by atoms with Gasteiger partial charge in [0.1, 0.15) is 0 Å². The van der Waals surface area contributed by atoms with Gasteiger partial charge < -0.3 is 0 Å². The number of hydrogen-bond acceptors (Lipinski definition) is 0. The van der Waals surface area contributed by atoms with E-state index in [1.807, 2.05) is 0 Å². The molecule has 0 aromatic carbocycles. The van der Waals surface area contributed by atoms with Gasteiger partial charge in [-0.2, -0.15) is 0 Å². The Morgan fingerprint density at radius 2 is 1.95 bits per heavy atom. The Balaban J connectivity index is 1.63. The van der Waals surface area contributed by atoms with Gasteiger partial charge in [-0.05, 0) is 80.5 Å². The van der Waals surface area contributed by atoms with Gasteiger partial charge in [-0.3, -0.25) is 0 Å². The Morgan fingerprint density at radius 3 is 2.84 bits per heavy atom. The lowest BCUT2D eigenvalue weighted by atomic mass is 9.52. The van der Waals surface area contributed by atoms with Crippen LogP contribution < -0.4 is 0 Å². The number of allylic oxidation sites excluding steroid dienone is 3. The fourth-order valence-electron chi connectivity index (χ4n) is 6.27. The minimum Gasteiger partial charge on any atom is -0.0958 e. The summed E-state index contributed by atoms with van der Waals surface area (Å²) < 4.78 is 0. The Hall–Kier alpha value is -0.520. The first-order valence-corrected chi connectivity index (χ1v) is 8.56. The van der Waals surface area contributed by atoms with Crippen LogP contribution in [-0.4, -0.2) is 0 Å². The fourth-order valence-corrected chi connectivity index (χ4v) is 6.27. The van der Waals surface area contributed by atoms with Gasteiger partial charge in [-0.15, -0.1) is 0 Å². The molecule has 0 amide bonds. The van der Waals surface area contributed by atoms with Gasteiger partial charge >= 0.3 is 0 Å². The van der Waals surface area contributed by atoms with Crippen molar-refractivity contribution in [1.29, 1.82) is 0 Å². The first-order chi connectivity index (χ1) is 9.17. The van der Waals surface area contributed by atoms with Crippen molar-refractivity contribution in [3.8, 4) is 0 Å². The molecule has 0 N–H and O–H groups in total. The molecule has 0 aliphatic heterocycles. The van der Waals surface area contributed by atoms with E-state index >= 15 is 0 Å². The highest BCUT2D eigenvalue weighted by atomic mass is 14.6. The van der Waals surface area contributed by atoms with Crippen LogP contribution in [0.15, 0.2) is 23.8 Å². The van der Waals surface area contributed by atoms with Crippen LogP contribution in [0.4, 0.5) is 0 Å². The highest BCUT2D eigenvalue weighted by Gasteiger charge is 2.52. The average molecular weight is 256 g/mol. The van der Waals surface area contributed by atoms with Crippen LogP contribution >= 0.6 is 0 Å². The normalized spacial score (nSPS) is 49.1. The van der Waals surface area contributed by atoms with Crippen molar-refractivity contribution in [1.82, 2.24) is 0 Å². The lowest BCUT2D eigenvalue weighted by Gasteiger charge is -2.53. The monoisotopic (exact) mass is 256 g/mol. The molecular weight excluding hydrogens is 228 g/mol. The first kappa shape index (κ1) is 12.2. The van der Waals surface area contributed by atoms with Gasteiger partial charge in [-0.25, -0.2) is 0 Å². The molecule has 104 valence electrons. The zero-order valence-corrected chi connectivity index (χ0v) is 12.5. The summed E-state index contributed by atoms with van der Waals surface area (Å²) in [6.45, 7) is 6.80.